The largest absolute Gasteiger partial charge is 0.455 e. The van der Waals surface area contributed by atoms with Crippen molar-refractivity contribution in [3.05, 3.63) is 86.5 Å². The molecule has 8 nitrogen and oxygen atoms in total. The smallest absolute Gasteiger partial charge is 0.312 e. The number of hydrogen-bond donors (Lipinski definition) is 3. The van der Waals surface area contributed by atoms with Gasteiger partial charge >= 0.3 is 6.55 Å². The van der Waals surface area contributed by atoms with E-state index in [1.165, 1.54) is 15.2 Å². The average molecular weight is 494 g/mol. The van der Waals surface area contributed by atoms with Crippen LogP contribution in [0.3, 0.4) is 0 Å². The summed E-state index contributed by atoms with van der Waals surface area (Å²) in [5.74, 6) is 1.06. The monoisotopic (exact) mass is 493 g/mol. The molecule has 0 unspecified atom stereocenters. The molecular weight excluding hydrogens is 468 g/mol. The molecule has 0 spiro atoms. The summed E-state index contributed by atoms with van der Waals surface area (Å²) < 4.78 is 34.4. The van der Waals surface area contributed by atoms with E-state index in [1.54, 1.807) is 32.6 Å². The van der Waals surface area contributed by atoms with E-state index >= 15 is 0 Å². The Morgan fingerprint density at radius 2 is 1.78 bits per heavy atom. The van der Waals surface area contributed by atoms with Crippen molar-refractivity contribution in [2.75, 3.05) is 0 Å². The van der Waals surface area contributed by atoms with E-state index in [-0.39, 0.29) is 22.2 Å². The standard InChI is InChI=1S/C26H25F2N5O3/c1-14-6-5-7-15(2)24(14)36-21-13-32(3)22(34)9-17(21)19-12-33(4)25(35)23-18(19)8-20(31-23)16(10-29)11-30-26(27)28/h5-13,26,29-31H,1-4H3/b16-11+,29-10?. The molecule has 0 fully saturated rings. The van der Waals surface area contributed by atoms with Crippen molar-refractivity contribution >= 4 is 22.7 Å². The summed E-state index contributed by atoms with van der Waals surface area (Å²) in [6, 6.07) is 8.79. The van der Waals surface area contributed by atoms with E-state index in [0.29, 0.717) is 33.7 Å². The van der Waals surface area contributed by atoms with Gasteiger partial charge in [-0.1, -0.05) is 18.2 Å². The van der Waals surface area contributed by atoms with Crippen LogP contribution in [0.2, 0.25) is 0 Å². The fraction of sp³-hybridized carbons (Fsp3) is 0.192. The van der Waals surface area contributed by atoms with Crippen molar-refractivity contribution in [1.82, 2.24) is 19.4 Å². The van der Waals surface area contributed by atoms with Crippen LogP contribution in [0.1, 0.15) is 16.8 Å². The number of ether oxygens (including phenoxy) is 1. The van der Waals surface area contributed by atoms with Gasteiger partial charge in [0.15, 0.2) is 5.75 Å². The van der Waals surface area contributed by atoms with Gasteiger partial charge in [0.25, 0.3) is 11.1 Å². The molecule has 186 valence electrons. The van der Waals surface area contributed by atoms with Gasteiger partial charge in [-0.05, 0) is 31.0 Å². The van der Waals surface area contributed by atoms with Crippen LogP contribution >= 0.6 is 0 Å². The van der Waals surface area contributed by atoms with Crippen molar-refractivity contribution in [3.8, 4) is 22.6 Å². The molecule has 0 amide bonds. The van der Waals surface area contributed by atoms with E-state index in [4.69, 9.17) is 10.1 Å². The van der Waals surface area contributed by atoms with Crippen LogP contribution in [-0.2, 0) is 14.1 Å². The van der Waals surface area contributed by atoms with Crippen LogP contribution in [0.4, 0.5) is 8.78 Å². The summed E-state index contributed by atoms with van der Waals surface area (Å²) >= 11 is 0. The van der Waals surface area contributed by atoms with E-state index < -0.39 is 6.55 Å². The lowest BCUT2D eigenvalue weighted by atomic mass is 10.0. The Balaban J connectivity index is 1.98. The van der Waals surface area contributed by atoms with Crippen molar-refractivity contribution in [2.45, 2.75) is 20.4 Å². The quantitative estimate of drug-likeness (QED) is 0.261. The summed E-state index contributed by atoms with van der Waals surface area (Å²) in [6.07, 6.45) is 5.08. The van der Waals surface area contributed by atoms with Crippen LogP contribution < -0.4 is 21.2 Å². The molecule has 0 saturated heterocycles. The highest BCUT2D eigenvalue weighted by molar-refractivity contribution is 6.10. The lowest BCUT2D eigenvalue weighted by Gasteiger charge is -2.17. The highest BCUT2D eigenvalue weighted by Crippen LogP contribution is 2.38. The fourth-order valence-electron chi connectivity index (χ4n) is 4.02. The summed E-state index contributed by atoms with van der Waals surface area (Å²) in [5.41, 5.74) is 2.79. The molecule has 36 heavy (non-hydrogen) atoms. The number of hydrogen-bond acceptors (Lipinski definition) is 5. The molecule has 4 aromatic rings. The molecule has 0 radical (unpaired) electrons. The number of halogens is 2. The third kappa shape index (κ3) is 4.57. The molecule has 0 atom stereocenters. The number of nitrogens with one attached hydrogen (secondary N) is 3. The first kappa shape index (κ1) is 24.6. The minimum Gasteiger partial charge on any atom is -0.455 e. The Labute approximate surface area is 205 Å². The molecule has 0 aliphatic heterocycles. The zero-order valence-electron chi connectivity index (χ0n) is 20.1. The number of nitrogens with zero attached hydrogens (tertiary/aromatic N) is 2. The minimum atomic E-state index is -2.81. The van der Waals surface area contributed by atoms with Gasteiger partial charge in [0.2, 0.25) is 0 Å². The highest BCUT2D eigenvalue weighted by atomic mass is 19.3. The van der Waals surface area contributed by atoms with Crippen LogP contribution in [-0.4, -0.2) is 26.9 Å². The number of aromatic nitrogens is 3. The van der Waals surface area contributed by atoms with Gasteiger partial charge in [-0.2, -0.15) is 8.78 Å². The number of allylic oxidation sites excluding steroid dienone is 1. The molecule has 3 N–H and O–H groups in total. The van der Waals surface area contributed by atoms with Crippen molar-refractivity contribution < 1.29 is 13.5 Å². The normalized spacial score (nSPS) is 11.8. The van der Waals surface area contributed by atoms with Gasteiger partial charge in [0, 0.05) is 66.6 Å². The summed E-state index contributed by atoms with van der Waals surface area (Å²) in [5, 5.41) is 9.95. The predicted octanol–water partition coefficient (Wildman–Crippen LogP) is 4.44. The summed E-state index contributed by atoms with van der Waals surface area (Å²) in [7, 11) is 3.19. The molecule has 1 aromatic carbocycles. The first-order valence-electron chi connectivity index (χ1n) is 11.0. The van der Waals surface area contributed by atoms with E-state index in [2.05, 4.69) is 4.98 Å². The topological polar surface area (TPSA) is 105 Å². The number of rotatable bonds is 7. The highest BCUT2D eigenvalue weighted by Gasteiger charge is 2.19. The first-order chi connectivity index (χ1) is 17.1. The molecular formula is C26H25F2N5O3. The molecule has 3 aromatic heterocycles. The maximum absolute atomic E-state index is 12.9. The predicted molar refractivity (Wildman–Crippen MR) is 136 cm³/mol. The van der Waals surface area contributed by atoms with Crippen molar-refractivity contribution in [1.29, 1.82) is 5.41 Å². The molecule has 10 heteroatoms. The second-order valence-electron chi connectivity index (χ2n) is 8.47. The number of aromatic amines is 1. The fourth-order valence-corrected chi connectivity index (χ4v) is 4.02. The molecule has 0 aliphatic rings. The SMILES string of the molecule is Cc1cccc(C)c1Oc1cn(C)c(=O)cc1-c1cn(C)c(=O)c2[nH]c(/C(C=N)=C/NC(F)F)cc12. The van der Waals surface area contributed by atoms with Gasteiger partial charge in [0.1, 0.15) is 11.3 Å². The molecule has 0 bridgehead atoms. The molecule has 0 saturated carbocycles. The second kappa shape index (κ2) is 9.65. The Kier molecular flexibility index (Phi) is 6.61. The van der Waals surface area contributed by atoms with Crippen LogP contribution in [0.25, 0.3) is 27.6 Å². The van der Waals surface area contributed by atoms with Crippen LogP contribution in [0.15, 0.2) is 58.5 Å². The van der Waals surface area contributed by atoms with E-state index in [0.717, 1.165) is 23.5 Å². The minimum absolute atomic E-state index is 0.121. The maximum atomic E-state index is 12.9. The number of benzene rings is 1. The third-order valence-electron chi connectivity index (χ3n) is 5.90. The number of aryl methyl sites for hydroxylation is 4. The number of alkyl halides is 2. The Bertz CT molecular complexity index is 1610. The van der Waals surface area contributed by atoms with Gasteiger partial charge < -0.3 is 29.6 Å². The Morgan fingerprint density at radius 3 is 2.42 bits per heavy atom. The number of pyridine rings is 2. The zero-order valence-corrected chi connectivity index (χ0v) is 20.1. The first-order valence-corrected chi connectivity index (χ1v) is 11.0. The zero-order chi connectivity index (χ0) is 26.1. The number of H-pyrrole nitrogens is 1. The summed E-state index contributed by atoms with van der Waals surface area (Å²) in [4.78, 5) is 28.5. The van der Waals surface area contributed by atoms with Gasteiger partial charge in [-0.3, -0.25) is 9.59 Å². The molecule has 4 rings (SSSR count). The van der Waals surface area contributed by atoms with E-state index in [1.807, 2.05) is 37.4 Å². The van der Waals surface area contributed by atoms with Gasteiger partial charge in [-0.25, -0.2) is 0 Å². The lowest BCUT2D eigenvalue weighted by molar-refractivity contribution is 0.125. The van der Waals surface area contributed by atoms with E-state index in [9.17, 15) is 18.4 Å². The van der Waals surface area contributed by atoms with Crippen molar-refractivity contribution in [2.24, 2.45) is 14.1 Å². The van der Waals surface area contributed by atoms with Crippen LogP contribution in [0.5, 0.6) is 11.5 Å². The average Bonchev–Trinajstić information content (AvgIpc) is 3.27. The van der Waals surface area contributed by atoms with Crippen molar-refractivity contribution in [3.63, 3.8) is 0 Å². The number of fused-ring (bicyclic) bond motifs is 1. The van der Waals surface area contributed by atoms with Gasteiger partial charge in [-0.15, -0.1) is 0 Å². The Hall–Kier alpha value is -4.47. The molecule has 3 heterocycles. The lowest BCUT2D eigenvalue weighted by Crippen LogP contribution is -2.18. The third-order valence-corrected chi connectivity index (χ3v) is 5.90. The van der Waals surface area contributed by atoms with Gasteiger partial charge in [0.05, 0.1) is 6.20 Å². The summed E-state index contributed by atoms with van der Waals surface area (Å²) in [6.45, 7) is 1.04. The molecule has 0 aliphatic carbocycles. The second-order valence-corrected chi connectivity index (χ2v) is 8.47. The Morgan fingerprint density at radius 1 is 1.08 bits per heavy atom. The van der Waals surface area contributed by atoms with Crippen LogP contribution in [0, 0.1) is 19.3 Å². The number of para-hydroxylation sites is 1. The maximum Gasteiger partial charge on any atom is 0.312 e.